The monoisotopic (exact) mass is 466 g/mol. The van der Waals surface area contributed by atoms with Gasteiger partial charge in [-0.15, -0.1) is 0 Å². The molecule has 1 heterocycles. The molecule has 0 spiro atoms. The number of fused-ring (bicyclic) bond motifs is 1. The number of carbonyl (C=O) groups excluding carboxylic acids is 2. The number of nitrogens with zero attached hydrogens (tertiary/aromatic N) is 2. The van der Waals surface area contributed by atoms with Crippen LogP contribution in [0.15, 0.2) is 72.3 Å². The normalized spacial score (nSPS) is 11.5. The number of Topliss-reactive ketones (excluding diaryl/α,β-unsaturated/α-hetero) is 1. The number of carboxylic acids is 1. The standard InChI is InChI=1S/C25H20N2O4S.Na/c1-15-3-7-17(8-4-15)24(28)20(13-16-5-10-19(31-2)11-6-16)23(25(29)30)18-9-12-21-22(14-18)27-32-26-21;/h3-12,14H,13H2,1-2H3,(H,29,30);/q;+1/p-1/b23-20+;. The molecule has 6 nitrogen and oxygen atoms in total. The first kappa shape index (κ1) is 24.8. The van der Waals surface area contributed by atoms with Gasteiger partial charge in [-0.1, -0.05) is 48.0 Å². The molecule has 0 N–H and O–H groups in total. The maximum Gasteiger partial charge on any atom is 1.00 e. The maximum absolute atomic E-state index is 13.5. The molecule has 4 aromatic rings. The molecule has 0 saturated heterocycles. The van der Waals surface area contributed by atoms with Crippen LogP contribution in [0.5, 0.6) is 5.75 Å². The van der Waals surface area contributed by atoms with Gasteiger partial charge in [-0.05, 0) is 42.3 Å². The van der Waals surface area contributed by atoms with Crippen molar-refractivity contribution in [1.82, 2.24) is 8.75 Å². The van der Waals surface area contributed by atoms with Crippen molar-refractivity contribution >= 4 is 40.1 Å². The molecule has 0 aliphatic rings. The van der Waals surface area contributed by atoms with Gasteiger partial charge in [0.05, 0.1) is 24.8 Å². The Hall–Kier alpha value is -2.84. The molecule has 0 aliphatic heterocycles. The topological polar surface area (TPSA) is 92.2 Å². The summed E-state index contributed by atoms with van der Waals surface area (Å²) in [4.78, 5) is 25.8. The third kappa shape index (κ3) is 5.57. The molecular formula is C25H19N2NaO4S. The summed E-state index contributed by atoms with van der Waals surface area (Å²) in [5.41, 5.74) is 3.77. The summed E-state index contributed by atoms with van der Waals surface area (Å²) >= 11 is 1.04. The largest absolute Gasteiger partial charge is 1.00 e. The van der Waals surface area contributed by atoms with E-state index in [-0.39, 0.29) is 52.9 Å². The summed E-state index contributed by atoms with van der Waals surface area (Å²) in [7, 11) is 1.57. The van der Waals surface area contributed by atoms with Crippen molar-refractivity contribution in [2.75, 3.05) is 7.11 Å². The van der Waals surface area contributed by atoms with Crippen molar-refractivity contribution in [3.05, 3.63) is 94.6 Å². The first-order chi connectivity index (χ1) is 15.5. The minimum absolute atomic E-state index is 0. The third-order valence-corrected chi connectivity index (χ3v) is 5.73. The zero-order valence-corrected chi connectivity index (χ0v) is 21.3. The number of hydrogen-bond acceptors (Lipinski definition) is 7. The summed E-state index contributed by atoms with van der Waals surface area (Å²) in [6.07, 6.45) is 0.118. The van der Waals surface area contributed by atoms with Gasteiger partial charge in [0, 0.05) is 23.1 Å². The van der Waals surface area contributed by atoms with E-state index >= 15 is 0 Å². The molecule has 0 amide bonds. The fraction of sp³-hybridized carbons (Fsp3) is 0.120. The van der Waals surface area contributed by atoms with E-state index in [1.807, 2.05) is 31.2 Å². The molecule has 33 heavy (non-hydrogen) atoms. The van der Waals surface area contributed by atoms with Crippen molar-refractivity contribution in [1.29, 1.82) is 0 Å². The Kier molecular flexibility index (Phi) is 8.15. The molecule has 0 fully saturated rings. The van der Waals surface area contributed by atoms with Crippen LogP contribution in [0.4, 0.5) is 0 Å². The molecule has 4 rings (SSSR count). The Morgan fingerprint density at radius 2 is 1.55 bits per heavy atom. The zero-order chi connectivity index (χ0) is 22.7. The molecule has 8 heteroatoms. The molecule has 0 atom stereocenters. The van der Waals surface area contributed by atoms with Gasteiger partial charge in [-0.2, -0.15) is 8.75 Å². The molecule has 0 bridgehead atoms. The minimum atomic E-state index is -1.42. The number of carbonyl (C=O) groups is 2. The summed E-state index contributed by atoms with van der Waals surface area (Å²) in [6.45, 7) is 1.92. The van der Waals surface area contributed by atoms with Crippen LogP contribution in [0.1, 0.15) is 27.0 Å². The van der Waals surface area contributed by atoms with Crippen molar-refractivity contribution < 1.29 is 49.0 Å². The number of aryl methyl sites for hydroxylation is 1. The zero-order valence-electron chi connectivity index (χ0n) is 18.5. The van der Waals surface area contributed by atoms with Crippen molar-refractivity contribution in [3.63, 3.8) is 0 Å². The van der Waals surface area contributed by atoms with Gasteiger partial charge in [0.25, 0.3) is 0 Å². The second-order valence-corrected chi connectivity index (χ2v) is 7.86. The summed E-state index contributed by atoms with van der Waals surface area (Å²) in [5, 5.41) is 12.3. The van der Waals surface area contributed by atoms with E-state index in [1.165, 1.54) is 0 Å². The van der Waals surface area contributed by atoms with Gasteiger partial charge in [0.2, 0.25) is 0 Å². The number of carboxylic acid groups (broad SMARTS) is 1. The van der Waals surface area contributed by atoms with Crippen LogP contribution in [0.25, 0.3) is 16.6 Å². The van der Waals surface area contributed by atoms with Crippen LogP contribution in [0, 0.1) is 6.92 Å². The molecule has 0 unspecified atom stereocenters. The van der Waals surface area contributed by atoms with Crippen molar-refractivity contribution in [3.8, 4) is 5.75 Å². The Labute approximate surface area is 217 Å². The van der Waals surface area contributed by atoms with Crippen molar-refractivity contribution in [2.45, 2.75) is 13.3 Å². The van der Waals surface area contributed by atoms with Gasteiger partial charge in [-0.25, -0.2) is 0 Å². The molecule has 3 aromatic carbocycles. The second kappa shape index (κ2) is 10.9. The van der Waals surface area contributed by atoms with Crippen LogP contribution in [0.3, 0.4) is 0 Å². The maximum atomic E-state index is 13.5. The van der Waals surface area contributed by atoms with E-state index in [9.17, 15) is 14.7 Å². The van der Waals surface area contributed by atoms with E-state index in [2.05, 4.69) is 8.75 Å². The summed E-state index contributed by atoms with van der Waals surface area (Å²) in [6, 6.07) is 19.2. The third-order valence-electron chi connectivity index (χ3n) is 5.18. The van der Waals surface area contributed by atoms with E-state index < -0.39 is 5.97 Å². The van der Waals surface area contributed by atoms with Gasteiger partial charge in [-0.3, -0.25) is 4.79 Å². The van der Waals surface area contributed by atoms with E-state index in [4.69, 9.17) is 4.74 Å². The van der Waals surface area contributed by atoms with Gasteiger partial charge >= 0.3 is 29.6 Å². The second-order valence-electron chi connectivity index (χ2n) is 7.33. The van der Waals surface area contributed by atoms with E-state index in [0.29, 0.717) is 27.9 Å². The molecule has 0 radical (unpaired) electrons. The van der Waals surface area contributed by atoms with E-state index in [1.54, 1.807) is 49.6 Å². The van der Waals surface area contributed by atoms with Crippen LogP contribution in [-0.4, -0.2) is 27.6 Å². The average molecular weight is 466 g/mol. The average Bonchev–Trinajstić information content (AvgIpc) is 3.27. The number of ether oxygens (including phenoxy) is 1. The summed E-state index contributed by atoms with van der Waals surface area (Å²) in [5.74, 6) is -1.11. The smallest absolute Gasteiger partial charge is 0.545 e. The predicted octanol–water partition coefficient (Wildman–Crippen LogP) is 0.641. The number of allylic oxidation sites excluding steroid dienone is 1. The Balaban J connectivity index is 0.00000306. The number of aliphatic carboxylic acids is 1. The molecule has 1 aromatic heterocycles. The van der Waals surface area contributed by atoms with Crippen LogP contribution in [-0.2, 0) is 11.2 Å². The quantitative estimate of drug-likeness (QED) is 0.226. The number of benzene rings is 3. The molecule has 160 valence electrons. The number of aromatic nitrogens is 2. The summed E-state index contributed by atoms with van der Waals surface area (Å²) < 4.78 is 13.5. The minimum Gasteiger partial charge on any atom is -0.545 e. The number of hydrogen-bond donors (Lipinski definition) is 0. The van der Waals surface area contributed by atoms with Gasteiger partial charge < -0.3 is 14.6 Å². The molecular weight excluding hydrogens is 447 g/mol. The van der Waals surface area contributed by atoms with E-state index in [0.717, 1.165) is 22.9 Å². The van der Waals surface area contributed by atoms with Crippen molar-refractivity contribution in [2.24, 2.45) is 0 Å². The number of methoxy groups -OCH3 is 1. The van der Waals surface area contributed by atoms with Crippen LogP contribution in [0.2, 0.25) is 0 Å². The van der Waals surface area contributed by atoms with Crippen LogP contribution >= 0.6 is 11.7 Å². The number of ketones is 1. The first-order valence-corrected chi connectivity index (χ1v) is 10.6. The molecule has 0 saturated carbocycles. The van der Waals surface area contributed by atoms with Crippen LogP contribution < -0.4 is 39.4 Å². The Morgan fingerprint density at radius 3 is 2.18 bits per heavy atom. The van der Waals surface area contributed by atoms with Gasteiger partial charge in [0.1, 0.15) is 16.8 Å². The Morgan fingerprint density at radius 1 is 0.909 bits per heavy atom. The SMILES string of the molecule is COc1ccc(C/C(C(=O)c2ccc(C)cc2)=C(\C(=O)[O-])c2ccc3nsnc3c2)cc1.[Na+]. The number of rotatable bonds is 7. The first-order valence-electron chi connectivity index (χ1n) is 9.87. The fourth-order valence-corrected chi connectivity index (χ4v) is 3.98. The fourth-order valence-electron chi connectivity index (χ4n) is 3.46. The van der Waals surface area contributed by atoms with Gasteiger partial charge in [0.15, 0.2) is 5.78 Å². The predicted molar refractivity (Wildman–Crippen MR) is 122 cm³/mol. The molecule has 0 aliphatic carbocycles. The Bertz CT molecular complexity index is 1330.